The lowest BCUT2D eigenvalue weighted by atomic mass is 10.2. The molecule has 0 fully saturated rings. The smallest absolute Gasteiger partial charge is 0.126 e. The van der Waals surface area contributed by atoms with Gasteiger partial charge in [0.2, 0.25) is 0 Å². The highest BCUT2D eigenvalue weighted by atomic mass is 35.5. The van der Waals surface area contributed by atoms with Crippen LogP contribution >= 0.6 is 34.5 Å². The third-order valence-corrected chi connectivity index (χ3v) is 4.83. The molecule has 0 aliphatic heterocycles. The number of thiophene rings is 1. The Morgan fingerprint density at radius 3 is 2.42 bits per heavy atom. The zero-order chi connectivity index (χ0) is 14.0. The van der Waals surface area contributed by atoms with Crippen LogP contribution in [0.5, 0.6) is 0 Å². The zero-order valence-corrected chi connectivity index (χ0v) is 13.0. The van der Waals surface area contributed by atoms with Crippen LogP contribution in [0.4, 0.5) is 10.1 Å². The van der Waals surface area contributed by atoms with Crippen LogP contribution in [-0.4, -0.2) is 0 Å². The molecule has 1 atom stereocenters. The Morgan fingerprint density at radius 1 is 1.26 bits per heavy atom. The molecule has 0 bridgehead atoms. The summed E-state index contributed by atoms with van der Waals surface area (Å²) in [5, 5.41) is 3.83. The molecule has 1 aromatic heterocycles. The van der Waals surface area contributed by atoms with E-state index >= 15 is 0 Å². The maximum Gasteiger partial charge on any atom is 0.126 e. The average molecular weight is 318 g/mol. The second kappa shape index (κ2) is 6.12. The molecule has 1 N–H and O–H groups in total. The molecule has 0 amide bonds. The Labute approximate surface area is 126 Å². The van der Waals surface area contributed by atoms with E-state index in [2.05, 4.69) is 24.4 Å². The molecule has 0 radical (unpaired) electrons. The van der Waals surface area contributed by atoms with Crippen molar-refractivity contribution in [1.82, 2.24) is 0 Å². The predicted octanol–water partition coefficient (Wildman–Crippen LogP) is 5.93. The third kappa shape index (κ3) is 3.41. The standard InChI is InChI=1S/C14H14Cl2FNS/c1-3-10-4-5-13(19-10)8(2)18-14-11(15)6-9(17)7-12(14)16/h4-8,18H,3H2,1-2H3. The summed E-state index contributed by atoms with van der Waals surface area (Å²) in [6.07, 6.45) is 1.02. The number of hydrogen-bond donors (Lipinski definition) is 1. The summed E-state index contributed by atoms with van der Waals surface area (Å²) < 4.78 is 13.1. The van der Waals surface area contributed by atoms with Gasteiger partial charge in [0, 0.05) is 9.75 Å². The largest absolute Gasteiger partial charge is 0.375 e. The van der Waals surface area contributed by atoms with Gasteiger partial charge in [0.1, 0.15) is 5.82 Å². The van der Waals surface area contributed by atoms with Crippen LogP contribution in [0.1, 0.15) is 29.6 Å². The maximum absolute atomic E-state index is 13.1. The van der Waals surface area contributed by atoms with Crippen LogP contribution in [0.15, 0.2) is 24.3 Å². The van der Waals surface area contributed by atoms with Crippen LogP contribution < -0.4 is 5.32 Å². The fourth-order valence-corrected chi connectivity index (χ4v) is 3.31. The van der Waals surface area contributed by atoms with Crippen molar-refractivity contribution in [2.24, 2.45) is 0 Å². The van der Waals surface area contributed by atoms with Crippen molar-refractivity contribution in [1.29, 1.82) is 0 Å². The predicted molar refractivity (Wildman–Crippen MR) is 82.2 cm³/mol. The first-order valence-electron chi connectivity index (χ1n) is 6.01. The van der Waals surface area contributed by atoms with Crippen molar-refractivity contribution < 1.29 is 4.39 Å². The molecular formula is C14H14Cl2FNS. The zero-order valence-electron chi connectivity index (χ0n) is 10.6. The van der Waals surface area contributed by atoms with Crippen LogP contribution in [0.25, 0.3) is 0 Å². The summed E-state index contributed by atoms with van der Waals surface area (Å²) in [4.78, 5) is 2.54. The summed E-state index contributed by atoms with van der Waals surface area (Å²) >= 11 is 13.8. The number of halogens is 3. The first-order chi connectivity index (χ1) is 9.01. The minimum atomic E-state index is -0.433. The Hall–Kier alpha value is -0.770. The number of anilines is 1. The van der Waals surface area contributed by atoms with E-state index in [0.29, 0.717) is 15.7 Å². The van der Waals surface area contributed by atoms with Crippen LogP contribution in [0.2, 0.25) is 10.0 Å². The van der Waals surface area contributed by atoms with E-state index in [1.807, 2.05) is 6.92 Å². The van der Waals surface area contributed by atoms with Crippen molar-refractivity contribution in [2.75, 3.05) is 5.32 Å². The molecule has 0 aliphatic rings. The molecule has 102 valence electrons. The number of rotatable bonds is 4. The van der Waals surface area contributed by atoms with E-state index in [1.54, 1.807) is 11.3 Å². The highest BCUT2D eigenvalue weighted by Gasteiger charge is 2.13. The first-order valence-corrected chi connectivity index (χ1v) is 7.58. The quantitative estimate of drug-likeness (QED) is 0.737. The van der Waals surface area contributed by atoms with Gasteiger partial charge in [-0.15, -0.1) is 11.3 Å². The fourth-order valence-electron chi connectivity index (χ4n) is 1.78. The number of hydrogen-bond acceptors (Lipinski definition) is 2. The monoisotopic (exact) mass is 317 g/mol. The lowest BCUT2D eigenvalue weighted by molar-refractivity contribution is 0.628. The van der Waals surface area contributed by atoms with Gasteiger partial charge in [-0.3, -0.25) is 0 Å². The summed E-state index contributed by atoms with van der Waals surface area (Å²) in [6, 6.07) is 6.80. The van der Waals surface area contributed by atoms with Crippen molar-refractivity contribution in [3.05, 3.63) is 49.9 Å². The molecule has 5 heteroatoms. The molecule has 0 aliphatic carbocycles. The summed E-state index contributed by atoms with van der Waals surface area (Å²) in [5.74, 6) is -0.433. The Morgan fingerprint density at radius 2 is 1.89 bits per heavy atom. The molecule has 0 saturated carbocycles. The van der Waals surface area contributed by atoms with Gasteiger partial charge in [-0.25, -0.2) is 4.39 Å². The minimum Gasteiger partial charge on any atom is -0.375 e. The number of benzene rings is 1. The van der Waals surface area contributed by atoms with Gasteiger partial charge < -0.3 is 5.32 Å². The molecule has 2 aromatic rings. The molecule has 19 heavy (non-hydrogen) atoms. The van der Waals surface area contributed by atoms with Gasteiger partial charge in [0.15, 0.2) is 0 Å². The summed E-state index contributed by atoms with van der Waals surface area (Å²) in [6.45, 7) is 4.16. The Balaban J connectivity index is 2.21. The summed E-state index contributed by atoms with van der Waals surface area (Å²) in [5.41, 5.74) is 0.573. The molecule has 1 heterocycles. The Bertz CT molecular complexity index is 560. The normalized spacial score (nSPS) is 12.5. The molecule has 1 aromatic carbocycles. The van der Waals surface area contributed by atoms with Gasteiger partial charge in [-0.05, 0) is 37.6 Å². The van der Waals surface area contributed by atoms with Crippen molar-refractivity contribution in [2.45, 2.75) is 26.3 Å². The molecule has 1 nitrogen and oxygen atoms in total. The maximum atomic E-state index is 13.1. The van der Waals surface area contributed by atoms with Gasteiger partial charge in [-0.1, -0.05) is 30.1 Å². The van der Waals surface area contributed by atoms with E-state index in [9.17, 15) is 4.39 Å². The average Bonchev–Trinajstić information content (AvgIpc) is 2.82. The fraction of sp³-hybridized carbons (Fsp3) is 0.286. The van der Waals surface area contributed by atoms with Crippen molar-refractivity contribution in [3.63, 3.8) is 0 Å². The van der Waals surface area contributed by atoms with Gasteiger partial charge >= 0.3 is 0 Å². The SMILES string of the molecule is CCc1ccc(C(C)Nc2c(Cl)cc(F)cc2Cl)s1. The highest BCUT2D eigenvalue weighted by molar-refractivity contribution is 7.12. The van der Waals surface area contributed by atoms with E-state index in [-0.39, 0.29) is 6.04 Å². The topological polar surface area (TPSA) is 12.0 Å². The number of nitrogens with one attached hydrogen (secondary N) is 1. The van der Waals surface area contributed by atoms with Crippen molar-refractivity contribution in [3.8, 4) is 0 Å². The summed E-state index contributed by atoms with van der Waals surface area (Å²) in [7, 11) is 0. The Kier molecular flexibility index (Phi) is 4.71. The molecule has 0 saturated heterocycles. The van der Waals surface area contributed by atoms with Gasteiger partial charge in [-0.2, -0.15) is 0 Å². The van der Waals surface area contributed by atoms with E-state index in [1.165, 1.54) is 21.9 Å². The first kappa shape index (κ1) is 14.6. The van der Waals surface area contributed by atoms with Crippen LogP contribution in [0.3, 0.4) is 0 Å². The third-order valence-electron chi connectivity index (χ3n) is 2.83. The van der Waals surface area contributed by atoms with Crippen molar-refractivity contribution >= 4 is 40.2 Å². The molecule has 0 spiro atoms. The molecule has 2 rings (SSSR count). The van der Waals surface area contributed by atoms with E-state index in [0.717, 1.165) is 6.42 Å². The van der Waals surface area contributed by atoms with Crippen LogP contribution in [-0.2, 0) is 6.42 Å². The second-order valence-corrected chi connectivity index (χ2v) is 6.28. The second-order valence-electron chi connectivity index (χ2n) is 4.27. The van der Waals surface area contributed by atoms with E-state index in [4.69, 9.17) is 23.2 Å². The van der Waals surface area contributed by atoms with Gasteiger partial charge in [0.05, 0.1) is 21.8 Å². The lowest BCUT2D eigenvalue weighted by Crippen LogP contribution is -2.06. The van der Waals surface area contributed by atoms with Gasteiger partial charge in [0.25, 0.3) is 0 Å². The number of aryl methyl sites for hydroxylation is 1. The molecular weight excluding hydrogens is 304 g/mol. The van der Waals surface area contributed by atoms with Crippen LogP contribution in [0, 0.1) is 5.82 Å². The molecule has 1 unspecified atom stereocenters. The lowest BCUT2D eigenvalue weighted by Gasteiger charge is -2.16. The highest BCUT2D eigenvalue weighted by Crippen LogP contribution is 2.35. The minimum absolute atomic E-state index is 0.0748. The van der Waals surface area contributed by atoms with E-state index < -0.39 is 5.82 Å².